The summed E-state index contributed by atoms with van der Waals surface area (Å²) in [5.74, 6) is -0.474. The molecule has 4 aromatic carbocycles. The molecule has 0 radical (unpaired) electrons. The molecule has 1 unspecified atom stereocenters. The Morgan fingerprint density at radius 3 is 2.46 bits per heavy atom. The SMILES string of the molecule is C[C@H](NC(=O)c1ccc2c(Oc3ccc(C(F)(F)F)cc3)cccc2c1)c1cccc(CN2CCN(c3ccc4c(c3)C(=O)N(C3CCC(=O)NC3=O)C4)CC2)n1. The number of ether oxygens (including phenoxy) is 1. The number of amides is 4. The van der Waals surface area contributed by atoms with Crippen molar-refractivity contribution in [1.82, 2.24) is 25.4 Å². The molecule has 8 rings (SSSR count). The van der Waals surface area contributed by atoms with Gasteiger partial charge in [-0.25, -0.2) is 0 Å². The van der Waals surface area contributed by atoms with Gasteiger partial charge in [0.1, 0.15) is 17.5 Å². The van der Waals surface area contributed by atoms with Crippen LogP contribution in [0.15, 0.2) is 97.1 Å². The highest BCUT2D eigenvalue weighted by atomic mass is 19.4. The molecule has 4 amide bonds. The van der Waals surface area contributed by atoms with Crippen molar-refractivity contribution in [3.63, 3.8) is 0 Å². The van der Waals surface area contributed by atoms with E-state index in [1.165, 1.54) is 12.1 Å². The maximum absolute atomic E-state index is 13.4. The number of carbonyl (C=O) groups is 4. The van der Waals surface area contributed by atoms with Crippen molar-refractivity contribution in [2.45, 2.75) is 51.1 Å². The number of hydrogen-bond acceptors (Lipinski definition) is 8. The van der Waals surface area contributed by atoms with Gasteiger partial charge in [-0.3, -0.25) is 34.4 Å². The number of piperidine rings is 1. The second-order valence-corrected chi connectivity index (χ2v) is 14.6. The molecule has 3 aliphatic heterocycles. The van der Waals surface area contributed by atoms with E-state index in [9.17, 15) is 32.3 Å². The van der Waals surface area contributed by atoms with Crippen LogP contribution in [0.25, 0.3) is 10.8 Å². The first-order valence-electron chi connectivity index (χ1n) is 18.8. The quantitative estimate of drug-likeness (QED) is 0.160. The Labute approximate surface area is 326 Å². The highest BCUT2D eigenvalue weighted by Crippen LogP contribution is 2.35. The molecule has 2 fully saturated rings. The number of halogens is 3. The Hall–Kier alpha value is -6.28. The maximum Gasteiger partial charge on any atom is 0.416 e. The first kappa shape index (κ1) is 37.6. The number of piperazine rings is 1. The highest BCUT2D eigenvalue weighted by molar-refractivity contribution is 6.06. The molecular formula is C43H39F3N6O5. The van der Waals surface area contributed by atoms with Gasteiger partial charge in [-0.2, -0.15) is 13.2 Å². The molecule has 292 valence electrons. The third-order valence-electron chi connectivity index (χ3n) is 10.8. The van der Waals surface area contributed by atoms with Gasteiger partial charge in [0.15, 0.2) is 0 Å². The number of imide groups is 1. The fraction of sp³-hybridized carbons (Fsp3) is 0.279. The minimum Gasteiger partial charge on any atom is -0.457 e. The van der Waals surface area contributed by atoms with Gasteiger partial charge < -0.3 is 19.9 Å². The monoisotopic (exact) mass is 776 g/mol. The van der Waals surface area contributed by atoms with Gasteiger partial charge in [0, 0.05) is 67.9 Å². The number of rotatable bonds is 9. The third kappa shape index (κ3) is 8.03. The number of anilines is 1. The second kappa shape index (κ2) is 15.3. The summed E-state index contributed by atoms with van der Waals surface area (Å²) in [5.41, 5.74) is 3.71. The zero-order valence-electron chi connectivity index (χ0n) is 31.0. The highest BCUT2D eigenvalue weighted by Gasteiger charge is 2.39. The van der Waals surface area contributed by atoms with E-state index in [0.717, 1.165) is 66.3 Å². The molecule has 11 nitrogen and oxygen atoms in total. The minimum atomic E-state index is -4.44. The normalized spacial score (nSPS) is 18.0. The molecule has 0 saturated carbocycles. The van der Waals surface area contributed by atoms with Gasteiger partial charge in [-0.15, -0.1) is 0 Å². The standard InChI is InChI=1S/C43H39F3N6O5/c1-26(47-40(54)28-9-15-34-27(22-28)4-2-7-38(34)57-33-13-10-30(11-14-33)43(44,45)46)36-6-3-5-31(48-36)25-50-18-20-51(21-19-50)32-12-8-29-24-52(42(56)35(29)23-32)37-16-17-39(53)49-41(37)55/h2-15,22-23,26,37H,16-21,24-25H2,1H3,(H,47,54)(H,49,53,55)/t26-,37?/m0/s1. The predicted octanol–water partition coefficient (Wildman–Crippen LogP) is 6.62. The van der Waals surface area contributed by atoms with Crippen LogP contribution in [0.1, 0.15) is 69.0 Å². The summed E-state index contributed by atoms with van der Waals surface area (Å²) in [4.78, 5) is 61.8. The zero-order chi connectivity index (χ0) is 39.8. The predicted molar refractivity (Wildman–Crippen MR) is 206 cm³/mol. The first-order chi connectivity index (χ1) is 27.4. The van der Waals surface area contributed by atoms with E-state index in [4.69, 9.17) is 9.72 Å². The number of nitrogens with one attached hydrogen (secondary N) is 2. The van der Waals surface area contributed by atoms with Crippen molar-refractivity contribution in [3.8, 4) is 11.5 Å². The lowest BCUT2D eigenvalue weighted by molar-refractivity contribution is -0.138. The average Bonchev–Trinajstić information content (AvgIpc) is 3.52. The Kier molecular flexibility index (Phi) is 10.1. The summed E-state index contributed by atoms with van der Waals surface area (Å²) in [6, 6.07) is 25.7. The van der Waals surface area contributed by atoms with Crippen LogP contribution in [-0.2, 0) is 28.9 Å². The van der Waals surface area contributed by atoms with Crippen LogP contribution in [0.5, 0.6) is 11.5 Å². The number of fused-ring (bicyclic) bond motifs is 2. The van der Waals surface area contributed by atoms with Gasteiger partial charge in [0.2, 0.25) is 11.8 Å². The van der Waals surface area contributed by atoms with Crippen LogP contribution in [0.4, 0.5) is 18.9 Å². The van der Waals surface area contributed by atoms with E-state index >= 15 is 0 Å². The number of hydrogen-bond donors (Lipinski definition) is 2. The first-order valence-corrected chi connectivity index (χ1v) is 18.8. The van der Waals surface area contributed by atoms with Gasteiger partial charge in [-0.1, -0.05) is 24.3 Å². The molecule has 2 saturated heterocycles. The Bertz CT molecular complexity index is 2380. The van der Waals surface area contributed by atoms with E-state index in [-0.39, 0.29) is 35.9 Å². The summed E-state index contributed by atoms with van der Waals surface area (Å²) in [6.07, 6.45) is -3.89. The van der Waals surface area contributed by atoms with Gasteiger partial charge in [-0.05, 0) is 97.1 Å². The van der Waals surface area contributed by atoms with E-state index in [1.807, 2.05) is 49.4 Å². The minimum absolute atomic E-state index is 0.185. The Balaban J connectivity index is 0.853. The number of aromatic nitrogens is 1. The topological polar surface area (TPSA) is 124 Å². The smallest absolute Gasteiger partial charge is 0.416 e. The lowest BCUT2D eigenvalue weighted by Gasteiger charge is -2.36. The van der Waals surface area contributed by atoms with Crippen LogP contribution in [-0.4, -0.2) is 70.6 Å². The molecule has 2 atom stereocenters. The summed E-state index contributed by atoms with van der Waals surface area (Å²) < 4.78 is 44.9. The van der Waals surface area contributed by atoms with E-state index in [2.05, 4.69) is 20.4 Å². The van der Waals surface area contributed by atoms with Crippen LogP contribution in [0.3, 0.4) is 0 Å². The van der Waals surface area contributed by atoms with Gasteiger partial charge >= 0.3 is 6.18 Å². The summed E-state index contributed by atoms with van der Waals surface area (Å²) in [7, 11) is 0. The fourth-order valence-electron chi connectivity index (χ4n) is 7.64. The molecule has 0 aliphatic carbocycles. The number of carbonyl (C=O) groups excluding carboxylic acids is 4. The van der Waals surface area contributed by atoms with Gasteiger partial charge in [0.05, 0.1) is 23.0 Å². The van der Waals surface area contributed by atoms with Crippen LogP contribution in [0, 0.1) is 0 Å². The lowest BCUT2D eigenvalue weighted by atomic mass is 10.0. The van der Waals surface area contributed by atoms with Crippen LogP contribution < -0.4 is 20.3 Å². The maximum atomic E-state index is 13.4. The summed E-state index contributed by atoms with van der Waals surface area (Å²) >= 11 is 0. The zero-order valence-corrected chi connectivity index (χ0v) is 31.0. The largest absolute Gasteiger partial charge is 0.457 e. The second-order valence-electron chi connectivity index (χ2n) is 14.6. The molecule has 0 spiro atoms. The number of benzene rings is 4. The van der Waals surface area contributed by atoms with E-state index in [1.54, 1.807) is 35.2 Å². The molecular weight excluding hydrogens is 738 g/mol. The molecule has 1 aromatic heterocycles. The molecule has 57 heavy (non-hydrogen) atoms. The summed E-state index contributed by atoms with van der Waals surface area (Å²) in [5, 5.41) is 6.84. The van der Waals surface area contributed by atoms with E-state index < -0.39 is 23.7 Å². The molecule has 3 aliphatic rings. The fourth-order valence-corrected chi connectivity index (χ4v) is 7.64. The molecule has 0 bridgehead atoms. The van der Waals surface area contributed by atoms with Gasteiger partial charge in [0.25, 0.3) is 11.8 Å². The number of pyridine rings is 1. The van der Waals surface area contributed by atoms with Crippen molar-refractivity contribution in [3.05, 3.63) is 131 Å². The van der Waals surface area contributed by atoms with Crippen molar-refractivity contribution >= 4 is 40.1 Å². The van der Waals surface area contributed by atoms with E-state index in [0.29, 0.717) is 41.8 Å². The number of nitrogens with zero attached hydrogens (tertiary/aromatic N) is 4. The van der Waals surface area contributed by atoms with Crippen molar-refractivity contribution in [2.75, 3.05) is 31.1 Å². The van der Waals surface area contributed by atoms with Crippen LogP contribution in [0.2, 0.25) is 0 Å². The summed E-state index contributed by atoms with van der Waals surface area (Å²) in [6.45, 7) is 5.94. The molecule has 5 aromatic rings. The van der Waals surface area contributed by atoms with Crippen molar-refractivity contribution in [2.24, 2.45) is 0 Å². The molecule has 4 heterocycles. The Morgan fingerprint density at radius 1 is 0.930 bits per heavy atom. The number of alkyl halides is 3. The van der Waals surface area contributed by atoms with Crippen molar-refractivity contribution < 1.29 is 37.1 Å². The lowest BCUT2D eigenvalue weighted by Crippen LogP contribution is -2.52. The average molecular weight is 777 g/mol. The van der Waals surface area contributed by atoms with Crippen molar-refractivity contribution in [1.29, 1.82) is 0 Å². The van der Waals surface area contributed by atoms with Crippen LogP contribution >= 0.6 is 0 Å². The molecule has 14 heteroatoms. The third-order valence-corrected chi connectivity index (χ3v) is 10.8. The Morgan fingerprint density at radius 2 is 1.70 bits per heavy atom. The molecule has 2 N–H and O–H groups in total.